The Balaban J connectivity index is 2.33. The average Bonchev–Trinajstić information content (AvgIpc) is 2.90. The van der Waals surface area contributed by atoms with E-state index in [2.05, 4.69) is 15.2 Å². The number of carbonyl (C=O) groups is 1. The maximum absolute atomic E-state index is 12.4. The van der Waals surface area contributed by atoms with Gasteiger partial charge in [0, 0.05) is 12.6 Å². The summed E-state index contributed by atoms with van der Waals surface area (Å²) in [6, 6.07) is 3.80. The third-order valence-electron chi connectivity index (χ3n) is 2.82. The first-order valence-electron chi connectivity index (χ1n) is 5.82. The fraction of sp³-hybridized carbons (Fsp3) is 0.182. The molecule has 0 atom stereocenters. The molecule has 0 spiro atoms. The number of sulfonamides is 1. The highest BCUT2D eigenvalue weighted by Crippen LogP contribution is 2.23. The standard InChI is InChI=1S/C11H14N6O3S/c1-17(5-10-14-6-15-16-10)21(19,20)9-3-2-7(11(13)18)4-8(9)12/h2-4,6H,5,12H2,1H3,(H2,13,18)(H,14,15,16). The Morgan fingerprint density at radius 3 is 2.67 bits per heavy atom. The van der Waals surface area contributed by atoms with Crippen LogP contribution in [0.15, 0.2) is 29.4 Å². The van der Waals surface area contributed by atoms with Crippen molar-refractivity contribution in [3.05, 3.63) is 35.9 Å². The van der Waals surface area contributed by atoms with Gasteiger partial charge in [-0.05, 0) is 18.2 Å². The first-order valence-corrected chi connectivity index (χ1v) is 7.26. The number of nitrogens with one attached hydrogen (secondary N) is 1. The van der Waals surface area contributed by atoms with Crippen LogP contribution in [0, 0.1) is 0 Å². The largest absolute Gasteiger partial charge is 0.398 e. The summed E-state index contributed by atoms with van der Waals surface area (Å²) >= 11 is 0. The van der Waals surface area contributed by atoms with E-state index in [9.17, 15) is 13.2 Å². The summed E-state index contributed by atoms with van der Waals surface area (Å²) in [7, 11) is -2.43. The molecule has 10 heteroatoms. The van der Waals surface area contributed by atoms with Gasteiger partial charge in [0.15, 0.2) is 0 Å². The number of aromatic amines is 1. The van der Waals surface area contributed by atoms with Crippen LogP contribution < -0.4 is 11.5 Å². The number of amides is 1. The smallest absolute Gasteiger partial charge is 0.248 e. The van der Waals surface area contributed by atoms with Crippen molar-refractivity contribution >= 4 is 21.6 Å². The molecule has 0 radical (unpaired) electrons. The van der Waals surface area contributed by atoms with E-state index in [1.807, 2.05) is 0 Å². The third-order valence-corrected chi connectivity index (χ3v) is 4.70. The quantitative estimate of drug-likeness (QED) is 0.622. The highest BCUT2D eigenvalue weighted by molar-refractivity contribution is 7.89. The molecule has 21 heavy (non-hydrogen) atoms. The van der Waals surface area contributed by atoms with E-state index in [4.69, 9.17) is 11.5 Å². The number of rotatable bonds is 5. The topological polar surface area (TPSA) is 148 Å². The van der Waals surface area contributed by atoms with Gasteiger partial charge in [0.2, 0.25) is 15.9 Å². The predicted octanol–water partition coefficient (Wildman–Crippen LogP) is -0.693. The van der Waals surface area contributed by atoms with Crippen molar-refractivity contribution in [2.45, 2.75) is 11.4 Å². The molecule has 5 N–H and O–H groups in total. The second-order valence-electron chi connectivity index (χ2n) is 4.31. The van der Waals surface area contributed by atoms with Gasteiger partial charge in [-0.3, -0.25) is 9.89 Å². The summed E-state index contributed by atoms with van der Waals surface area (Å²) in [5.41, 5.74) is 10.9. The molecule has 9 nitrogen and oxygen atoms in total. The summed E-state index contributed by atoms with van der Waals surface area (Å²) < 4.78 is 25.9. The van der Waals surface area contributed by atoms with Crippen molar-refractivity contribution < 1.29 is 13.2 Å². The molecule has 1 amide bonds. The molecule has 1 heterocycles. The van der Waals surface area contributed by atoms with Gasteiger partial charge in [0.05, 0.1) is 12.2 Å². The number of anilines is 1. The lowest BCUT2D eigenvalue weighted by molar-refractivity contribution is 0.1000. The first kappa shape index (κ1) is 14.9. The van der Waals surface area contributed by atoms with Gasteiger partial charge < -0.3 is 11.5 Å². The van der Waals surface area contributed by atoms with Crippen LogP contribution in [-0.4, -0.2) is 40.9 Å². The average molecular weight is 310 g/mol. The van der Waals surface area contributed by atoms with Crippen LogP contribution in [0.2, 0.25) is 0 Å². The Morgan fingerprint density at radius 2 is 2.14 bits per heavy atom. The molecule has 0 aliphatic rings. The van der Waals surface area contributed by atoms with Crippen molar-refractivity contribution in [1.82, 2.24) is 19.5 Å². The van der Waals surface area contributed by atoms with E-state index < -0.39 is 15.9 Å². The Bertz CT molecular complexity index is 756. The minimum absolute atomic E-state index is 0.0132. The number of aromatic nitrogens is 3. The third kappa shape index (κ3) is 3.01. The molecule has 0 aliphatic carbocycles. The minimum atomic E-state index is -3.82. The lowest BCUT2D eigenvalue weighted by atomic mass is 10.2. The lowest BCUT2D eigenvalue weighted by Crippen LogP contribution is -2.28. The normalized spacial score (nSPS) is 11.7. The number of primary amides is 1. The number of H-pyrrole nitrogens is 1. The number of benzene rings is 1. The molecule has 0 aliphatic heterocycles. The lowest BCUT2D eigenvalue weighted by Gasteiger charge is -2.17. The summed E-state index contributed by atoms with van der Waals surface area (Å²) in [4.78, 5) is 14.8. The molecular formula is C11H14N6O3S. The highest BCUT2D eigenvalue weighted by Gasteiger charge is 2.24. The van der Waals surface area contributed by atoms with Crippen molar-refractivity contribution in [3.63, 3.8) is 0 Å². The van der Waals surface area contributed by atoms with Crippen LogP contribution >= 0.6 is 0 Å². The zero-order chi connectivity index (χ0) is 15.6. The van der Waals surface area contributed by atoms with E-state index >= 15 is 0 Å². The summed E-state index contributed by atoms with van der Waals surface area (Å²) in [6.07, 6.45) is 1.28. The molecule has 0 bridgehead atoms. The predicted molar refractivity (Wildman–Crippen MR) is 74.4 cm³/mol. The fourth-order valence-electron chi connectivity index (χ4n) is 1.71. The number of hydrogen-bond acceptors (Lipinski definition) is 6. The minimum Gasteiger partial charge on any atom is -0.398 e. The SMILES string of the molecule is CN(Cc1ncn[nH]1)S(=O)(=O)c1ccc(C(N)=O)cc1N. The number of hydrogen-bond donors (Lipinski definition) is 3. The molecular weight excluding hydrogens is 296 g/mol. The fourth-order valence-corrected chi connectivity index (χ4v) is 2.93. The highest BCUT2D eigenvalue weighted by atomic mass is 32.2. The van der Waals surface area contributed by atoms with E-state index in [1.54, 1.807) is 0 Å². The number of nitrogens with two attached hydrogens (primary N) is 2. The van der Waals surface area contributed by atoms with Crippen LogP contribution in [0.4, 0.5) is 5.69 Å². The van der Waals surface area contributed by atoms with Crippen LogP contribution in [0.1, 0.15) is 16.2 Å². The maximum atomic E-state index is 12.4. The van der Waals surface area contributed by atoms with Crippen molar-refractivity contribution in [1.29, 1.82) is 0 Å². The molecule has 0 saturated carbocycles. The van der Waals surface area contributed by atoms with Crippen molar-refractivity contribution in [2.24, 2.45) is 5.73 Å². The van der Waals surface area contributed by atoms with Gasteiger partial charge in [-0.1, -0.05) is 0 Å². The monoisotopic (exact) mass is 310 g/mol. The van der Waals surface area contributed by atoms with Crippen LogP contribution in [-0.2, 0) is 16.6 Å². The summed E-state index contributed by atoms with van der Waals surface area (Å²) in [5, 5.41) is 6.22. The molecule has 1 aromatic carbocycles. The second kappa shape index (κ2) is 5.50. The molecule has 2 rings (SSSR count). The van der Waals surface area contributed by atoms with E-state index in [0.29, 0.717) is 5.82 Å². The zero-order valence-electron chi connectivity index (χ0n) is 11.1. The number of nitrogen functional groups attached to an aromatic ring is 1. The number of carbonyl (C=O) groups excluding carboxylic acids is 1. The second-order valence-corrected chi connectivity index (χ2v) is 6.32. The van der Waals surface area contributed by atoms with Crippen molar-refractivity contribution in [3.8, 4) is 0 Å². The Morgan fingerprint density at radius 1 is 1.43 bits per heavy atom. The molecule has 0 fully saturated rings. The molecule has 2 aromatic rings. The summed E-state index contributed by atoms with van der Waals surface area (Å²) in [5.74, 6) is -0.283. The zero-order valence-corrected chi connectivity index (χ0v) is 12.0. The van der Waals surface area contributed by atoms with E-state index in [1.165, 1.54) is 31.6 Å². The first-order chi connectivity index (χ1) is 9.82. The van der Waals surface area contributed by atoms with Gasteiger partial charge in [0.25, 0.3) is 0 Å². The van der Waals surface area contributed by atoms with Gasteiger partial charge in [-0.15, -0.1) is 0 Å². The van der Waals surface area contributed by atoms with E-state index in [0.717, 1.165) is 4.31 Å². The van der Waals surface area contributed by atoms with Gasteiger partial charge in [-0.2, -0.15) is 9.40 Å². The van der Waals surface area contributed by atoms with Crippen LogP contribution in [0.25, 0.3) is 0 Å². The Hall–Kier alpha value is -2.46. The number of nitrogens with zero attached hydrogens (tertiary/aromatic N) is 3. The van der Waals surface area contributed by atoms with Gasteiger partial charge in [0.1, 0.15) is 17.0 Å². The Labute approximate surface area is 121 Å². The van der Waals surface area contributed by atoms with Crippen LogP contribution in [0.3, 0.4) is 0 Å². The molecule has 1 aromatic heterocycles. The summed E-state index contributed by atoms with van der Waals surface area (Å²) in [6.45, 7) is 0.0132. The molecule has 112 valence electrons. The van der Waals surface area contributed by atoms with Gasteiger partial charge in [-0.25, -0.2) is 13.4 Å². The van der Waals surface area contributed by atoms with E-state index in [-0.39, 0.29) is 22.7 Å². The van der Waals surface area contributed by atoms with Gasteiger partial charge >= 0.3 is 0 Å². The van der Waals surface area contributed by atoms with Crippen LogP contribution in [0.5, 0.6) is 0 Å². The molecule has 0 unspecified atom stereocenters. The maximum Gasteiger partial charge on any atom is 0.248 e. The molecule has 0 saturated heterocycles. The van der Waals surface area contributed by atoms with Crippen molar-refractivity contribution in [2.75, 3.05) is 12.8 Å². The Kier molecular flexibility index (Phi) is 3.91.